The van der Waals surface area contributed by atoms with E-state index in [4.69, 9.17) is 9.47 Å². The van der Waals surface area contributed by atoms with Gasteiger partial charge in [-0.1, -0.05) is 31.1 Å². The average Bonchev–Trinajstić information content (AvgIpc) is 2.46. The van der Waals surface area contributed by atoms with Gasteiger partial charge < -0.3 is 14.6 Å². The summed E-state index contributed by atoms with van der Waals surface area (Å²) in [5, 5.41) is 10.3. The first-order chi connectivity index (χ1) is 9.33. The van der Waals surface area contributed by atoms with Gasteiger partial charge in [0.25, 0.3) is 0 Å². The minimum absolute atomic E-state index is 0.472. The summed E-state index contributed by atoms with van der Waals surface area (Å²) in [7, 11) is 0. The maximum absolute atomic E-state index is 10.3. The van der Waals surface area contributed by atoms with Gasteiger partial charge in [0.15, 0.2) is 11.5 Å². The second-order valence-electron chi connectivity index (χ2n) is 4.81. The Morgan fingerprint density at radius 2 is 2.05 bits per heavy atom. The highest BCUT2D eigenvalue weighted by molar-refractivity contribution is 5.48. The first-order valence-corrected chi connectivity index (χ1v) is 7.00. The van der Waals surface area contributed by atoms with Crippen LogP contribution in [0.3, 0.4) is 0 Å². The largest absolute Gasteiger partial charge is 0.486 e. The lowest BCUT2D eigenvalue weighted by atomic mass is 10.0. The SMILES string of the molecule is C=CCCCCCC(O)c1cccc2c1OCCO2. The van der Waals surface area contributed by atoms with Crippen molar-refractivity contribution in [3.8, 4) is 11.5 Å². The van der Waals surface area contributed by atoms with E-state index in [0.717, 1.165) is 43.4 Å². The first-order valence-electron chi connectivity index (χ1n) is 7.00. The summed E-state index contributed by atoms with van der Waals surface area (Å²) in [4.78, 5) is 0. The second-order valence-corrected chi connectivity index (χ2v) is 4.81. The molecule has 0 fully saturated rings. The number of allylic oxidation sites excluding steroid dienone is 1. The van der Waals surface area contributed by atoms with Gasteiger partial charge in [-0.05, 0) is 25.3 Å². The molecule has 0 saturated heterocycles. The topological polar surface area (TPSA) is 38.7 Å². The maximum Gasteiger partial charge on any atom is 0.167 e. The molecule has 0 amide bonds. The minimum atomic E-state index is -0.472. The van der Waals surface area contributed by atoms with Crippen molar-refractivity contribution in [3.63, 3.8) is 0 Å². The number of para-hydroxylation sites is 1. The summed E-state index contributed by atoms with van der Waals surface area (Å²) < 4.78 is 11.1. The van der Waals surface area contributed by atoms with Crippen LogP contribution in [-0.4, -0.2) is 18.3 Å². The number of unbranched alkanes of at least 4 members (excludes halogenated alkanes) is 3. The van der Waals surface area contributed by atoms with E-state index >= 15 is 0 Å². The molecule has 0 aromatic heterocycles. The van der Waals surface area contributed by atoms with Crippen LogP contribution >= 0.6 is 0 Å². The monoisotopic (exact) mass is 262 g/mol. The molecule has 1 aromatic rings. The number of benzene rings is 1. The fraction of sp³-hybridized carbons (Fsp3) is 0.500. The summed E-state index contributed by atoms with van der Waals surface area (Å²) >= 11 is 0. The fourth-order valence-electron chi connectivity index (χ4n) is 2.32. The third-order valence-electron chi connectivity index (χ3n) is 3.34. The van der Waals surface area contributed by atoms with E-state index in [1.165, 1.54) is 0 Å². The smallest absolute Gasteiger partial charge is 0.167 e. The molecule has 0 saturated carbocycles. The standard InChI is InChI=1S/C16H22O3/c1-2-3-4-5-6-9-14(17)13-8-7-10-15-16(13)19-12-11-18-15/h2,7-8,10,14,17H,1,3-6,9,11-12H2. The van der Waals surface area contributed by atoms with E-state index in [-0.39, 0.29) is 0 Å². The van der Waals surface area contributed by atoms with Gasteiger partial charge in [0.1, 0.15) is 13.2 Å². The quantitative estimate of drug-likeness (QED) is 0.602. The number of fused-ring (bicyclic) bond motifs is 1. The van der Waals surface area contributed by atoms with Crippen molar-refractivity contribution < 1.29 is 14.6 Å². The molecule has 19 heavy (non-hydrogen) atoms. The molecule has 1 aliphatic heterocycles. The van der Waals surface area contributed by atoms with Gasteiger partial charge in [0.05, 0.1) is 6.10 Å². The van der Waals surface area contributed by atoms with Crippen LogP contribution in [-0.2, 0) is 0 Å². The Bertz CT molecular complexity index is 414. The molecule has 3 nitrogen and oxygen atoms in total. The van der Waals surface area contributed by atoms with Crippen LogP contribution in [0, 0.1) is 0 Å². The first kappa shape index (κ1) is 13.9. The van der Waals surface area contributed by atoms with Gasteiger partial charge in [0.2, 0.25) is 0 Å². The van der Waals surface area contributed by atoms with Gasteiger partial charge in [0, 0.05) is 5.56 Å². The molecule has 0 aliphatic carbocycles. The molecule has 104 valence electrons. The lowest BCUT2D eigenvalue weighted by Crippen LogP contribution is -2.17. The predicted molar refractivity (Wildman–Crippen MR) is 75.7 cm³/mol. The van der Waals surface area contributed by atoms with Crippen molar-refractivity contribution in [2.75, 3.05) is 13.2 Å². The van der Waals surface area contributed by atoms with Gasteiger partial charge >= 0.3 is 0 Å². The molecule has 3 heteroatoms. The molecule has 0 bridgehead atoms. The molecule has 1 N–H and O–H groups in total. The van der Waals surface area contributed by atoms with Crippen molar-refractivity contribution in [3.05, 3.63) is 36.4 Å². The molecule has 0 spiro atoms. The van der Waals surface area contributed by atoms with Gasteiger partial charge in [-0.25, -0.2) is 0 Å². The Balaban J connectivity index is 1.91. The van der Waals surface area contributed by atoms with Gasteiger partial charge in [-0.2, -0.15) is 0 Å². The summed E-state index contributed by atoms with van der Waals surface area (Å²) in [6.45, 7) is 4.84. The number of hydrogen-bond donors (Lipinski definition) is 1. The zero-order chi connectivity index (χ0) is 13.5. The summed E-state index contributed by atoms with van der Waals surface area (Å²) in [5.41, 5.74) is 0.848. The molecule has 1 unspecified atom stereocenters. The van der Waals surface area contributed by atoms with E-state index in [2.05, 4.69) is 6.58 Å². The normalized spacial score (nSPS) is 15.0. The summed E-state index contributed by atoms with van der Waals surface area (Å²) in [6.07, 6.45) is 6.55. The van der Waals surface area contributed by atoms with E-state index in [9.17, 15) is 5.11 Å². The van der Waals surface area contributed by atoms with Crippen LogP contribution in [0.1, 0.15) is 43.8 Å². The number of aliphatic hydroxyl groups excluding tert-OH is 1. The molecular formula is C16H22O3. The summed E-state index contributed by atoms with van der Waals surface area (Å²) in [5.74, 6) is 1.46. The van der Waals surface area contributed by atoms with Crippen LogP contribution in [0.15, 0.2) is 30.9 Å². The van der Waals surface area contributed by atoms with Crippen molar-refractivity contribution in [2.45, 2.75) is 38.2 Å². The third-order valence-corrected chi connectivity index (χ3v) is 3.34. The highest BCUT2D eigenvalue weighted by Gasteiger charge is 2.20. The van der Waals surface area contributed by atoms with Crippen molar-refractivity contribution in [1.82, 2.24) is 0 Å². The van der Waals surface area contributed by atoms with Crippen LogP contribution in [0.5, 0.6) is 11.5 Å². The van der Waals surface area contributed by atoms with E-state index in [0.29, 0.717) is 19.0 Å². The molecule has 1 heterocycles. The average molecular weight is 262 g/mol. The van der Waals surface area contributed by atoms with Crippen LogP contribution in [0.2, 0.25) is 0 Å². The Morgan fingerprint density at radius 3 is 2.89 bits per heavy atom. The summed E-state index contributed by atoms with van der Waals surface area (Å²) in [6, 6.07) is 5.71. The van der Waals surface area contributed by atoms with Crippen molar-refractivity contribution >= 4 is 0 Å². The zero-order valence-corrected chi connectivity index (χ0v) is 11.3. The predicted octanol–water partition coefficient (Wildman–Crippen LogP) is 3.63. The number of hydrogen-bond acceptors (Lipinski definition) is 3. The Kier molecular flexibility index (Phi) is 5.28. The highest BCUT2D eigenvalue weighted by Crippen LogP contribution is 2.38. The zero-order valence-electron chi connectivity index (χ0n) is 11.3. The lowest BCUT2D eigenvalue weighted by molar-refractivity contribution is 0.139. The Morgan fingerprint density at radius 1 is 1.21 bits per heavy atom. The van der Waals surface area contributed by atoms with Crippen molar-refractivity contribution in [1.29, 1.82) is 0 Å². The maximum atomic E-state index is 10.3. The Hall–Kier alpha value is -1.48. The molecule has 1 aliphatic rings. The molecular weight excluding hydrogens is 240 g/mol. The number of ether oxygens (including phenoxy) is 2. The molecule has 1 atom stereocenters. The third kappa shape index (κ3) is 3.74. The van der Waals surface area contributed by atoms with E-state index in [1.54, 1.807) is 0 Å². The van der Waals surface area contributed by atoms with Gasteiger partial charge in [-0.15, -0.1) is 6.58 Å². The van der Waals surface area contributed by atoms with Crippen molar-refractivity contribution in [2.24, 2.45) is 0 Å². The van der Waals surface area contributed by atoms with Crippen LogP contribution in [0.25, 0.3) is 0 Å². The number of aliphatic hydroxyl groups is 1. The fourth-order valence-corrected chi connectivity index (χ4v) is 2.32. The second kappa shape index (κ2) is 7.19. The highest BCUT2D eigenvalue weighted by atomic mass is 16.6. The lowest BCUT2D eigenvalue weighted by Gasteiger charge is -2.23. The molecule has 0 radical (unpaired) electrons. The molecule has 1 aromatic carbocycles. The van der Waals surface area contributed by atoms with E-state index < -0.39 is 6.10 Å². The Labute approximate surface area is 114 Å². The number of rotatable bonds is 7. The van der Waals surface area contributed by atoms with Crippen LogP contribution < -0.4 is 9.47 Å². The minimum Gasteiger partial charge on any atom is -0.486 e. The molecule has 2 rings (SSSR count). The van der Waals surface area contributed by atoms with Crippen LogP contribution in [0.4, 0.5) is 0 Å². The van der Waals surface area contributed by atoms with E-state index in [1.807, 2.05) is 24.3 Å². The van der Waals surface area contributed by atoms with Gasteiger partial charge in [-0.3, -0.25) is 0 Å².